The molecule has 1 N–H and O–H groups in total. The van der Waals surface area contributed by atoms with Crippen LogP contribution in [-0.4, -0.2) is 11.2 Å². The van der Waals surface area contributed by atoms with Crippen LogP contribution in [0.5, 0.6) is 0 Å². The molecule has 0 radical (unpaired) electrons. The van der Waals surface area contributed by atoms with E-state index in [9.17, 15) is 0 Å². The van der Waals surface area contributed by atoms with Crippen molar-refractivity contribution in [2.24, 2.45) is 5.10 Å². The molecule has 0 spiro atoms. The number of nitrogens with zero attached hydrogens (tertiary/aromatic N) is 3. The standard InChI is InChI=1S/C14H10Cl2N4O/c1-8(2)13-19-12(6-17)14(21-13)20-18-7-9-3-4-10(15)11(16)5-9/h3-5,7,20H,1H2,2H3/b18-7-. The SMILES string of the molecule is C=C(C)c1nc(C#N)c(N/N=C\c2ccc(Cl)c(Cl)c2)o1. The second-order valence-corrected chi connectivity index (χ2v) is 4.95. The Balaban J connectivity index is 2.15. The van der Waals surface area contributed by atoms with Crippen LogP contribution in [0.3, 0.4) is 0 Å². The maximum absolute atomic E-state index is 8.97. The van der Waals surface area contributed by atoms with E-state index in [1.54, 1.807) is 25.1 Å². The van der Waals surface area contributed by atoms with Crippen molar-refractivity contribution in [2.75, 3.05) is 5.43 Å². The molecule has 1 heterocycles. The lowest BCUT2D eigenvalue weighted by Crippen LogP contribution is -1.91. The smallest absolute Gasteiger partial charge is 0.252 e. The van der Waals surface area contributed by atoms with E-state index in [-0.39, 0.29) is 11.6 Å². The maximum Gasteiger partial charge on any atom is 0.252 e. The molecule has 1 aromatic carbocycles. The number of hydrogen-bond acceptors (Lipinski definition) is 5. The minimum atomic E-state index is 0.110. The van der Waals surface area contributed by atoms with Gasteiger partial charge >= 0.3 is 0 Å². The first-order valence-electron chi connectivity index (χ1n) is 5.82. The summed E-state index contributed by atoms with van der Waals surface area (Å²) in [5, 5.41) is 13.8. The molecule has 7 heteroatoms. The first kappa shape index (κ1) is 15.1. The Morgan fingerprint density at radius 2 is 2.24 bits per heavy atom. The highest BCUT2D eigenvalue weighted by atomic mass is 35.5. The second kappa shape index (κ2) is 6.44. The quantitative estimate of drug-likeness (QED) is 0.672. The Bertz CT molecular complexity index is 759. The first-order valence-corrected chi connectivity index (χ1v) is 6.58. The number of nitriles is 1. The van der Waals surface area contributed by atoms with E-state index in [4.69, 9.17) is 32.9 Å². The lowest BCUT2D eigenvalue weighted by atomic mass is 10.2. The van der Waals surface area contributed by atoms with Crippen molar-refractivity contribution < 1.29 is 4.42 Å². The molecule has 0 unspecified atom stereocenters. The first-order chi connectivity index (χ1) is 10.0. The van der Waals surface area contributed by atoms with Crippen molar-refractivity contribution in [3.63, 3.8) is 0 Å². The summed E-state index contributed by atoms with van der Waals surface area (Å²) < 4.78 is 5.34. The number of nitrogens with one attached hydrogen (secondary N) is 1. The number of benzene rings is 1. The lowest BCUT2D eigenvalue weighted by Gasteiger charge is -1.98. The molecule has 0 bridgehead atoms. The van der Waals surface area contributed by atoms with Crippen molar-refractivity contribution >= 4 is 40.9 Å². The van der Waals surface area contributed by atoms with Gasteiger partial charge in [0.1, 0.15) is 6.07 Å². The largest absolute Gasteiger partial charge is 0.418 e. The van der Waals surface area contributed by atoms with Crippen LogP contribution in [0.2, 0.25) is 10.0 Å². The van der Waals surface area contributed by atoms with Gasteiger partial charge in [-0.15, -0.1) is 0 Å². The summed E-state index contributed by atoms with van der Waals surface area (Å²) in [5.74, 6) is 0.450. The number of anilines is 1. The van der Waals surface area contributed by atoms with Crippen LogP contribution in [0.25, 0.3) is 5.57 Å². The predicted molar refractivity (Wildman–Crippen MR) is 83.6 cm³/mol. The van der Waals surface area contributed by atoms with Crippen molar-refractivity contribution in [1.29, 1.82) is 5.26 Å². The van der Waals surface area contributed by atoms with E-state index in [0.717, 1.165) is 5.56 Å². The molecule has 2 aromatic rings. The third kappa shape index (κ3) is 3.63. The minimum Gasteiger partial charge on any atom is -0.418 e. The third-order valence-corrected chi connectivity index (χ3v) is 3.16. The Labute approximate surface area is 131 Å². The molecule has 0 aliphatic carbocycles. The zero-order valence-corrected chi connectivity index (χ0v) is 12.5. The Morgan fingerprint density at radius 1 is 1.48 bits per heavy atom. The molecular weight excluding hydrogens is 311 g/mol. The van der Waals surface area contributed by atoms with Crippen LogP contribution in [-0.2, 0) is 0 Å². The highest BCUT2D eigenvalue weighted by molar-refractivity contribution is 6.42. The molecule has 0 fully saturated rings. The molecule has 5 nitrogen and oxygen atoms in total. The van der Waals surface area contributed by atoms with Gasteiger partial charge in [0.2, 0.25) is 11.6 Å². The van der Waals surface area contributed by atoms with Gasteiger partial charge in [0, 0.05) is 5.57 Å². The van der Waals surface area contributed by atoms with Crippen molar-refractivity contribution in [3.05, 3.63) is 52.0 Å². The normalized spacial score (nSPS) is 10.6. The zero-order valence-electron chi connectivity index (χ0n) is 11.0. The summed E-state index contributed by atoms with van der Waals surface area (Å²) in [7, 11) is 0. The van der Waals surface area contributed by atoms with E-state index < -0.39 is 0 Å². The van der Waals surface area contributed by atoms with Crippen LogP contribution in [0.1, 0.15) is 24.1 Å². The second-order valence-electron chi connectivity index (χ2n) is 4.13. The van der Waals surface area contributed by atoms with Gasteiger partial charge in [0.05, 0.1) is 16.3 Å². The molecule has 0 amide bonds. The predicted octanol–water partition coefficient (Wildman–Crippen LogP) is 4.33. The fourth-order valence-corrected chi connectivity index (χ4v) is 1.72. The van der Waals surface area contributed by atoms with Crippen molar-refractivity contribution in [1.82, 2.24) is 4.98 Å². The number of oxazole rings is 1. The molecule has 0 saturated carbocycles. The summed E-state index contributed by atoms with van der Waals surface area (Å²) >= 11 is 11.7. The molecule has 106 valence electrons. The maximum atomic E-state index is 8.97. The van der Waals surface area contributed by atoms with Crippen LogP contribution >= 0.6 is 23.2 Å². The van der Waals surface area contributed by atoms with Crippen LogP contribution in [0, 0.1) is 11.3 Å². The molecule has 0 aliphatic rings. The number of allylic oxidation sites excluding steroid dienone is 1. The summed E-state index contributed by atoms with van der Waals surface area (Å²) in [6.07, 6.45) is 1.52. The fraction of sp³-hybridized carbons (Fsp3) is 0.0714. The van der Waals surface area contributed by atoms with Crippen LogP contribution in [0.15, 0.2) is 34.3 Å². The van der Waals surface area contributed by atoms with Gasteiger partial charge < -0.3 is 4.42 Å². The Kier molecular flexibility index (Phi) is 4.63. The van der Waals surface area contributed by atoms with E-state index >= 15 is 0 Å². The van der Waals surface area contributed by atoms with E-state index in [2.05, 4.69) is 22.1 Å². The molecule has 0 saturated heterocycles. The number of hydrogen-bond donors (Lipinski definition) is 1. The number of aromatic nitrogens is 1. The molecule has 2 rings (SSSR count). The molecule has 21 heavy (non-hydrogen) atoms. The van der Waals surface area contributed by atoms with Gasteiger partial charge in [-0.05, 0) is 24.6 Å². The topological polar surface area (TPSA) is 74.2 Å². The monoisotopic (exact) mass is 320 g/mol. The van der Waals surface area contributed by atoms with Crippen molar-refractivity contribution in [3.8, 4) is 6.07 Å². The summed E-state index contributed by atoms with van der Waals surface area (Å²) in [4.78, 5) is 3.98. The van der Waals surface area contributed by atoms with E-state index in [1.165, 1.54) is 6.21 Å². The van der Waals surface area contributed by atoms with Gasteiger partial charge in [-0.25, -0.2) is 5.43 Å². The highest BCUT2D eigenvalue weighted by Gasteiger charge is 2.12. The Hall–Kier alpha value is -2.29. The van der Waals surface area contributed by atoms with Crippen LogP contribution in [0.4, 0.5) is 5.88 Å². The highest BCUT2D eigenvalue weighted by Crippen LogP contribution is 2.22. The summed E-state index contributed by atoms with van der Waals surface area (Å²) in [6, 6.07) is 7.00. The minimum absolute atomic E-state index is 0.110. The van der Waals surface area contributed by atoms with Crippen molar-refractivity contribution in [2.45, 2.75) is 6.92 Å². The third-order valence-electron chi connectivity index (χ3n) is 2.42. The fourth-order valence-electron chi connectivity index (χ4n) is 1.41. The average molecular weight is 321 g/mol. The van der Waals surface area contributed by atoms with Gasteiger partial charge in [0.15, 0.2) is 0 Å². The summed E-state index contributed by atoms with van der Waals surface area (Å²) in [5.41, 5.74) is 4.10. The zero-order chi connectivity index (χ0) is 15.4. The average Bonchev–Trinajstić information content (AvgIpc) is 2.86. The van der Waals surface area contributed by atoms with E-state index in [1.807, 2.05) is 6.07 Å². The lowest BCUT2D eigenvalue weighted by molar-refractivity contribution is 0.554. The molecule has 1 aromatic heterocycles. The van der Waals surface area contributed by atoms with Gasteiger partial charge in [-0.1, -0.05) is 35.8 Å². The van der Waals surface area contributed by atoms with Crippen LogP contribution < -0.4 is 5.43 Å². The number of hydrazone groups is 1. The molecule has 0 aliphatic heterocycles. The number of rotatable bonds is 4. The summed E-state index contributed by atoms with van der Waals surface area (Å²) in [6.45, 7) is 5.43. The van der Waals surface area contributed by atoms with E-state index in [0.29, 0.717) is 21.5 Å². The van der Waals surface area contributed by atoms with Gasteiger partial charge in [-0.2, -0.15) is 15.3 Å². The molecular formula is C14H10Cl2N4O. The number of halogens is 2. The Morgan fingerprint density at radius 3 is 2.86 bits per heavy atom. The molecule has 0 atom stereocenters. The van der Waals surface area contributed by atoms with Gasteiger partial charge in [0.25, 0.3) is 5.88 Å². The van der Waals surface area contributed by atoms with Gasteiger partial charge in [-0.3, -0.25) is 0 Å².